The van der Waals surface area contributed by atoms with E-state index in [0.717, 1.165) is 44.8 Å². The molecule has 0 aromatic heterocycles. The molecule has 2 aliphatic heterocycles. The van der Waals surface area contributed by atoms with E-state index in [0.29, 0.717) is 17.7 Å². The van der Waals surface area contributed by atoms with Gasteiger partial charge in [0.25, 0.3) is 0 Å². The Labute approximate surface area is 133 Å². The van der Waals surface area contributed by atoms with Gasteiger partial charge in [-0.05, 0) is 56.0 Å². The number of carbonyl (C=O) groups is 1. The van der Waals surface area contributed by atoms with E-state index in [4.69, 9.17) is 4.74 Å². The van der Waals surface area contributed by atoms with Crippen molar-refractivity contribution in [2.24, 2.45) is 11.8 Å². The molecule has 0 spiro atoms. The van der Waals surface area contributed by atoms with Crippen molar-refractivity contribution >= 4 is 5.91 Å². The highest BCUT2D eigenvalue weighted by molar-refractivity contribution is 5.76. The summed E-state index contributed by atoms with van der Waals surface area (Å²) in [6, 6.07) is 8.04. The lowest BCUT2D eigenvalue weighted by Crippen LogP contribution is -2.38. The topological polar surface area (TPSA) is 32.8 Å². The number of piperidine rings is 1. The number of amides is 1. The van der Waals surface area contributed by atoms with E-state index in [1.165, 1.54) is 12.0 Å². The van der Waals surface area contributed by atoms with Crippen LogP contribution in [0.3, 0.4) is 0 Å². The van der Waals surface area contributed by atoms with Crippen LogP contribution in [-0.2, 0) is 11.3 Å². The van der Waals surface area contributed by atoms with Gasteiger partial charge in [0.1, 0.15) is 5.75 Å². The monoisotopic (exact) mass is 302 g/mol. The highest BCUT2D eigenvalue weighted by atomic mass is 16.5. The lowest BCUT2D eigenvalue weighted by atomic mass is 9.82. The Bertz CT molecular complexity index is 514. The Morgan fingerprint density at radius 3 is 2.59 bits per heavy atom. The second-order valence-electron chi connectivity index (χ2n) is 6.73. The number of hydrogen-bond acceptors (Lipinski definition) is 3. The summed E-state index contributed by atoms with van der Waals surface area (Å²) in [5.41, 5.74) is 1.18. The predicted molar refractivity (Wildman–Crippen MR) is 86.7 cm³/mol. The molecular formula is C18H26N2O2. The van der Waals surface area contributed by atoms with Crippen molar-refractivity contribution in [3.05, 3.63) is 29.8 Å². The van der Waals surface area contributed by atoms with Gasteiger partial charge in [-0.2, -0.15) is 0 Å². The molecule has 2 heterocycles. The normalized spacial score (nSPS) is 26.5. The molecule has 3 rings (SSSR count). The smallest absolute Gasteiger partial charge is 0.223 e. The maximum atomic E-state index is 12.6. The van der Waals surface area contributed by atoms with Gasteiger partial charge in [0.2, 0.25) is 5.91 Å². The molecule has 120 valence electrons. The zero-order valence-electron chi connectivity index (χ0n) is 13.6. The van der Waals surface area contributed by atoms with Crippen LogP contribution in [-0.4, -0.2) is 49.5 Å². The molecule has 1 amide bonds. The van der Waals surface area contributed by atoms with Crippen molar-refractivity contribution in [1.29, 1.82) is 0 Å². The Kier molecular flexibility index (Phi) is 4.67. The van der Waals surface area contributed by atoms with E-state index >= 15 is 0 Å². The Morgan fingerprint density at radius 1 is 1.14 bits per heavy atom. The van der Waals surface area contributed by atoms with Crippen LogP contribution in [0.1, 0.15) is 24.8 Å². The number of methoxy groups -OCH3 is 1. The van der Waals surface area contributed by atoms with Crippen LogP contribution in [0.4, 0.5) is 0 Å². The van der Waals surface area contributed by atoms with Gasteiger partial charge in [-0.25, -0.2) is 0 Å². The number of nitrogens with zero attached hydrogens (tertiary/aromatic N) is 2. The molecule has 1 aromatic carbocycles. The lowest BCUT2D eigenvalue weighted by Gasteiger charge is -2.35. The molecule has 1 aromatic rings. The highest BCUT2D eigenvalue weighted by Gasteiger charge is 2.33. The van der Waals surface area contributed by atoms with E-state index in [1.54, 1.807) is 7.11 Å². The molecule has 0 unspecified atom stereocenters. The van der Waals surface area contributed by atoms with Crippen molar-refractivity contribution in [2.45, 2.75) is 25.8 Å². The molecule has 2 saturated heterocycles. The first-order valence-electron chi connectivity index (χ1n) is 8.25. The van der Waals surface area contributed by atoms with E-state index in [-0.39, 0.29) is 0 Å². The largest absolute Gasteiger partial charge is 0.497 e. The number of hydrogen-bond donors (Lipinski definition) is 0. The summed E-state index contributed by atoms with van der Waals surface area (Å²) in [6.45, 7) is 3.89. The van der Waals surface area contributed by atoms with Gasteiger partial charge in [-0.1, -0.05) is 12.1 Å². The molecule has 0 N–H and O–H groups in total. The highest BCUT2D eigenvalue weighted by Crippen LogP contribution is 2.32. The van der Waals surface area contributed by atoms with Crippen LogP contribution in [0.15, 0.2) is 24.3 Å². The van der Waals surface area contributed by atoms with Crippen molar-refractivity contribution in [1.82, 2.24) is 9.80 Å². The quantitative estimate of drug-likeness (QED) is 0.859. The third-order valence-corrected chi connectivity index (χ3v) is 5.19. The SMILES string of the molecule is COc1ccc(CN2CC[C@H]3CN(C)CC[C@H]3CC2=O)cc1. The molecule has 22 heavy (non-hydrogen) atoms. The third kappa shape index (κ3) is 3.43. The van der Waals surface area contributed by atoms with Crippen LogP contribution in [0.25, 0.3) is 0 Å². The predicted octanol–water partition coefficient (Wildman–Crippen LogP) is 2.39. The van der Waals surface area contributed by atoms with E-state index in [9.17, 15) is 4.79 Å². The summed E-state index contributed by atoms with van der Waals surface area (Å²) in [4.78, 5) is 17.0. The zero-order valence-corrected chi connectivity index (χ0v) is 13.6. The Hall–Kier alpha value is -1.55. The minimum Gasteiger partial charge on any atom is -0.497 e. The Morgan fingerprint density at radius 2 is 1.86 bits per heavy atom. The summed E-state index contributed by atoms with van der Waals surface area (Å²) in [5, 5.41) is 0. The fourth-order valence-electron chi connectivity index (χ4n) is 3.78. The Balaban J connectivity index is 1.65. The average molecular weight is 302 g/mol. The molecule has 4 heteroatoms. The number of carbonyl (C=O) groups excluding carboxylic acids is 1. The standard InChI is InChI=1S/C18H26N2O2/c1-19-9-7-15-11-18(21)20(10-8-16(15)13-19)12-14-3-5-17(22-2)6-4-14/h3-6,15-16H,7-13H2,1-2H3/t15-,16-/m0/s1. The number of fused-ring (bicyclic) bond motifs is 1. The fraction of sp³-hybridized carbons (Fsp3) is 0.611. The number of ether oxygens (including phenoxy) is 1. The van der Waals surface area contributed by atoms with Crippen LogP contribution in [0.5, 0.6) is 5.75 Å². The second kappa shape index (κ2) is 6.69. The molecular weight excluding hydrogens is 276 g/mol. The molecule has 2 fully saturated rings. The van der Waals surface area contributed by atoms with Crippen molar-refractivity contribution in [3.8, 4) is 5.75 Å². The average Bonchev–Trinajstić information content (AvgIpc) is 2.68. The van der Waals surface area contributed by atoms with Crippen molar-refractivity contribution in [3.63, 3.8) is 0 Å². The molecule has 0 radical (unpaired) electrons. The van der Waals surface area contributed by atoms with Gasteiger partial charge in [0.05, 0.1) is 7.11 Å². The molecule has 2 atom stereocenters. The maximum Gasteiger partial charge on any atom is 0.223 e. The summed E-state index contributed by atoms with van der Waals surface area (Å²) in [7, 11) is 3.87. The van der Waals surface area contributed by atoms with Crippen LogP contribution >= 0.6 is 0 Å². The van der Waals surface area contributed by atoms with Gasteiger partial charge in [-0.15, -0.1) is 0 Å². The zero-order chi connectivity index (χ0) is 15.5. The lowest BCUT2D eigenvalue weighted by molar-refractivity contribution is -0.132. The minimum atomic E-state index is 0.327. The van der Waals surface area contributed by atoms with Gasteiger partial charge >= 0.3 is 0 Å². The first kappa shape index (κ1) is 15.3. The van der Waals surface area contributed by atoms with Crippen LogP contribution < -0.4 is 4.74 Å². The van der Waals surface area contributed by atoms with Crippen LogP contribution in [0.2, 0.25) is 0 Å². The van der Waals surface area contributed by atoms with E-state index in [1.807, 2.05) is 17.0 Å². The van der Waals surface area contributed by atoms with Crippen molar-refractivity contribution in [2.75, 3.05) is 33.8 Å². The molecule has 4 nitrogen and oxygen atoms in total. The first-order valence-corrected chi connectivity index (χ1v) is 8.25. The number of likely N-dealkylation sites (tertiary alicyclic amines) is 2. The van der Waals surface area contributed by atoms with Gasteiger partial charge in [0, 0.05) is 26.1 Å². The third-order valence-electron chi connectivity index (χ3n) is 5.19. The minimum absolute atomic E-state index is 0.327. The summed E-state index contributed by atoms with van der Waals surface area (Å²) >= 11 is 0. The summed E-state index contributed by atoms with van der Waals surface area (Å²) in [5.74, 6) is 2.46. The number of rotatable bonds is 3. The van der Waals surface area contributed by atoms with Gasteiger partial charge < -0.3 is 14.5 Å². The summed E-state index contributed by atoms with van der Waals surface area (Å²) in [6.07, 6.45) is 3.04. The summed E-state index contributed by atoms with van der Waals surface area (Å²) < 4.78 is 5.19. The maximum absolute atomic E-state index is 12.6. The second-order valence-corrected chi connectivity index (χ2v) is 6.73. The molecule has 0 bridgehead atoms. The van der Waals surface area contributed by atoms with E-state index < -0.39 is 0 Å². The van der Waals surface area contributed by atoms with Gasteiger partial charge in [-0.3, -0.25) is 4.79 Å². The van der Waals surface area contributed by atoms with Gasteiger partial charge in [0.15, 0.2) is 0 Å². The molecule has 0 saturated carbocycles. The first-order chi connectivity index (χ1) is 10.7. The number of benzene rings is 1. The molecule has 0 aliphatic carbocycles. The van der Waals surface area contributed by atoms with Crippen molar-refractivity contribution < 1.29 is 9.53 Å². The van der Waals surface area contributed by atoms with Crippen LogP contribution in [0, 0.1) is 11.8 Å². The van der Waals surface area contributed by atoms with E-state index in [2.05, 4.69) is 24.1 Å². The molecule has 2 aliphatic rings. The fourth-order valence-corrected chi connectivity index (χ4v) is 3.78.